The number of hydrogen-bond acceptors (Lipinski definition) is 2. The highest BCUT2D eigenvalue weighted by Crippen LogP contribution is 2.25. The molecule has 0 heterocycles. The minimum Gasteiger partial charge on any atom is -0.318 e. The predicted molar refractivity (Wildman–Crippen MR) is 53.3 cm³/mol. The third kappa shape index (κ3) is 2.76. The molecule has 0 radical (unpaired) electrons. The van der Waals surface area contributed by atoms with Gasteiger partial charge in [-0.2, -0.15) is 0 Å². The predicted octanol–water partition coefficient (Wildman–Crippen LogP) is 1.37. The minimum atomic E-state index is 0.690. The van der Waals surface area contributed by atoms with Crippen LogP contribution in [0.3, 0.4) is 0 Å². The third-order valence-electron chi connectivity index (χ3n) is 3.01. The molecule has 12 heavy (non-hydrogen) atoms. The van der Waals surface area contributed by atoms with Crippen LogP contribution in [0.5, 0.6) is 0 Å². The Labute approximate surface area is 76.1 Å². The molecule has 72 valence electrons. The van der Waals surface area contributed by atoms with E-state index in [9.17, 15) is 0 Å². The van der Waals surface area contributed by atoms with Gasteiger partial charge in [-0.05, 0) is 32.9 Å². The van der Waals surface area contributed by atoms with Crippen LogP contribution >= 0.6 is 0 Å². The first-order valence-corrected chi connectivity index (χ1v) is 5.20. The highest BCUT2D eigenvalue weighted by Gasteiger charge is 2.21. The van der Waals surface area contributed by atoms with Crippen LogP contribution in [0.4, 0.5) is 0 Å². The molecule has 1 aliphatic rings. The van der Waals surface area contributed by atoms with E-state index in [4.69, 9.17) is 0 Å². The molecule has 0 aliphatic heterocycles. The van der Waals surface area contributed by atoms with Crippen LogP contribution in [-0.4, -0.2) is 26.7 Å². The van der Waals surface area contributed by atoms with Gasteiger partial charge < -0.3 is 10.6 Å². The van der Waals surface area contributed by atoms with Gasteiger partial charge in [0, 0.05) is 12.6 Å². The fraction of sp³-hybridized carbons (Fsp3) is 1.00. The molecule has 2 heteroatoms. The Morgan fingerprint density at radius 3 is 2.33 bits per heavy atom. The highest BCUT2D eigenvalue weighted by molar-refractivity contribution is 4.79. The Morgan fingerprint density at radius 2 is 1.83 bits per heavy atom. The number of hydrogen-bond donors (Lipinski definition) is 2. The first kappa shape index (κ1) is 10.0. The molecular weight excluding hydrogens is 148 g/mol. The van der Waals surface area contributed by atoms with Gasteiger partial charge in [0.05, 0.1) is 0 Å². The maximum absolute atomic E-state index is 3.41. The Bertz CT molecular complexity index is 106. The molecule has 0 spiro atoms. The van der Waals surface area contributed by atoms with Crippen molar-refractivity contribution in [2.45, 2.75) is 38.1 Å². The van der Waals surface area contributed by atoms with Crippen molar-refractivity contribution in [1.82, 2.24) is 10.6 Å². The Balaban J connectivity index is 2.29. The van der Waals surface area contributed by atoms with E-state index in [-0.39, 0.29) is 0 Å². The molecule has 2 N–H and O–H groups in total. The van der Waals surface area contributed by atoms with E-state index in [1.165, 1.54) is 32.1 Å². The summed E-state index contributed by atoms with van der Waals surface area (Å²) < 4.78 is 0. The van der Waals surface area contributed by atoms with Crippen molar-refractivity contribution in [3.05, 3.63) is 0 Å². The van der Waals surface area contributed by atoms with Crippen LogP contribution in [0.15, 0.2) is 0 Å². The first-order valence-electron chi connectivity index (χ1n) is 5.20. The second kappa shape index (κ2) is 5.55. The summed E-state index contributed by atoms with van der Waals surface area (Å²) in [4.78, 5) is 0. The van der Waals surface area contributed by atoms with Gasteiger partial charge in [0.25, 0.3) is 0 Å². The van der Waals surface area contributed by atoms with Gasteiger partial charge in [0.2, 0.25) is 0 Å². The van der Waals surface area contributed by atoms with Crippen LogP contribution in [0.1, 0.15) is 32.1 Å². The molecule has 0 aromatic rings. The van der Waals surface area contributed by atoms with E-state index in [2.05, 4.69) is 17.7 Å². The smallest absolute Gasteiger partial charge is 0.0217 e. The third-order valence-corrected chi connectivity index (χ3v) is 3.01. The van der Waals surface area contributed by atoms with E-state index in [1.54, 1.807) is 0 Å². The van der Waals surface area contributed by atoms with Crippen LogP contribution < -0.4 is 10.6 Å². The van der Waals surface area contributed by atoms with E-state index in [1.807, 2.05) is 7.05 Å². The van der Waals surface area contributed by atoms with E-state index < -0.39 is 0 Å². The topological polar surface area (TPSA) is 24.1 Å². The summed E-state index contributed by atoms with van der Waals surface area (Å²) in [5.74, 6) is 0.913. The van der Waals surface area contributed by atoms with Crippen molar-refractivity contribution in [3.8, 4) is 0 Å². The quantitative estimate of drug-likeness (QED) is 0.666. The summed E-state index contributed by atoms with van der Waals surface area (Å²) in [5, 5.41) is 6.66. The second-order valence-corrected chi connectivity index (χ2v) is 3.85. The van der Waals surface area contributed by atoms with Crippen molar-refractivity contribution >= 4 is 0 Å². The van der Waals surface area contributed by atoms with Crippen molar-refractivity contribution in [3.63, 3.8) is 0 Å². The van der Waals surface area contributed by atoms with Gasteiger partial charge in [-0.25, -0.2) is 0 Å². The zero-order valence-corrected chi connectivity index (χ0v) is 8.40. The molecular formula is C10H22N2. The molecule has 1 aliphatic carbocycles. The largest absolute Gasteiger partial charge is 0.318 e. The van der Waals surface area contributed by atoms with Gasteiger partial charge in [-0.1, -0.05) is 19.3 Å². The summed E-state index contributed by atoms with van der Waals surface area (Å²) in [6.45, 7) is 1.11. The lowest BCUT2D eigenvalue weighted by Gasteiger charge is -2.29. The molecule has 0 amide bonds. The van der Waals surface area contributed by atoms with Crippen LogP contribution in [0.2, 0.25) is 0 Å². The molecule has 1 rings (SSSR count). The monoisotopic (exact) mass is 170 g/mol. The first-order chi connectivity index (χ1) is 5.88. The van der Waals surface area contributed by atoms with Gasteiger partial charge in [-0.15, -0.1) is 0 Å². The van der Waals surface area contributed by atoms with Crippen molar-refractivity contribution in [1.29, 1.82) is 0 Å². The minimum absolute atomic E-state index is 0.690. The van der Waals surface area contributed by atoms with Gasteiger partial charge in [0.15, 0.2) is 0 Å². The zero-order chi connectivity index (χ0) is 8.81. The molecule has 0 saturated heterocycles. The zero-order valence-electron chi connectivity index (χ0n) is 8.40. The summed E-state index contributed by atoms with van der Waals surface area (Å²) >= 11 is 0. The fourth-order valence-electron chi connectivity index (χ4n) is 2.26. The SMILES string of the molecule is CNC[C@@H](NC)C1CCCCC1. The lowest BCUT2D eigenvalue weighted by atomic mass is 9.84. The molecule has 0 aromatic carbocycles. The number of nitrogens with one attached hydrogen (secondary N) is 2. The average Bonchev–Trinajstić information content (AvgIpc) is 2.15. The van der Waals surface area contributed by atoms with Gasteiger partial charge >= 0.3 is 0 Å². The van der Waals surface area contributed by atoms with Crippen molar-refractivity contribution in [2.24, 2.45) is 5.92 Å². The van der Waals surface area contributed by atoms with Crippen LogP contribution in [0, 0.1) is 5.92 Å². The molecule has 1 fully saturated rings. The fourth-order valence-corrected chi connectivity index (χ4v) is 2.26. The van der Waals surface area contributed by atoms with Crippen LogP contribution in [-0.2, 0) is 0 Å². The second-order valence-electron chi connectivity index (χ2n) is 3.85. The summed E-state index contributed by atoms with van der Waals surface area (Å²) in [6, 6.07) is 0.690. The number of rotatable bonds is 4. The Hall–Kier alpha value is -0.0800. The van der Waals surface area contributed by atoms with Crippen molar-refractivity contribution < 1.29 is 0 Å². The van der Waals surface area contributed by atoms with E-state index >= 15 is 0 Å². The summed E-state index contributed by atoms with van der Waals surface area (Å²) in [7, 11) is 4.11. The Kier molecular flexibility index (Phi) is 4.62. The number of likely N-dealkylation sites (N-methyl/N-ethyl adjacent to an activating group) is 2. The maximum atomic E-state index is 3.41. The average molecular weight is 170 g/mol. The lowest BCUT2D eigenvalue weighted by molar-refractivity contribution is 0.274. The molecule has 0 unspecified atom stereocenters. The van der Waals surface area contributed by atoms with Gasteiger partial charge in [0.1, 0.15) is 0 Å². The molecule has 1 saturated carbocycles. The highest BCUT2D eigenvalue weighted by atomic mass is 14.9. The molecule has 0 bridgehead atoms. The van der Waals surface area contributed by atoms with E-state index in [0.717, 1.165) is 12.5 Å². The normalized spacial score (nSPS) is 22.5. The standard InChI is InChI=1S/C10H22N2/c1-11-8-10(12-2)9-6-4-3-5-7-9/h9-12H,3-8H2,1-2H3/t10-/m1/s1. The Morgan fingerprint density at radius 1 is 1.17 bits per heavy atom. The molecule has 0 aromatic heterocycles. The summed E-state index contributed by atoms with van der Waals surface area (Å²) in [5.41, 5.74) is 0. The van der Waals surface area contributed by atoms with Crippen LogP contribution in [0.25, 0.3) is 0 Å². The van der Waals surface area contributed by atoms with Crippen molar-refractivity contribution in [2.75, 3.05) is 20.6 Å². The van der Waals surface area contributed by atoms with Gasteiger partial charge in [-0.3, -0.25) is 0 Å². The van der Waals surface area contributed by atoms with E-state index in [0.29, 0.717) is 6.04 Å². The maximum Gasteiger partial charge on any atom is 0.0217 e. The lowest BCUT2D eigenvalue weighted by Crippen LogP contribution is -2.41. The summed E-state index contributed by atoms with van der Waals surface area (Å²) in [6.07, 6.45) is 7.17. The molecule has 1 atom stereocenters. The molecule has 2 nitrogen and oxygen atoms in total.